The van der Waals surface area contributed by atoms with Crippen molar-refractivity contribution in [3.63, 3.8) is 0 Å². The molecule has 4 rings (SSSR count). The number of amides is 1. The lowest BCUT2D eigenvalue weighted by atomic mass is 10.0. The fraction of sp³-hybridized carbons (Fsp3) is 0.250. The first-order valence-corrected chi connectivity index (χ1v) is 8.04. The summed E-state index contributed by atoms with van der Waals surface area (Å²) < 4.78 is 6.06. The van der Waals surface area contributed by atoms with Gasteiger partial charge in [-0.3, -0.25) is 4.79 Å². The van der Waals surface area contributed by atoms with Crippen LogP contribution < -0.4 is 0 Å². The van der Waals surface area contributed by atoms with Crippen LogP contribution in [0.2, 0.25) is 0 Å². The molecule has 0 N–H and O–H groups in total. The molecule has 3 heteroatoms. The molecule has 0 aliphatic carbocycles. The van der Waals surface area contributed by atoms with Crippen LogP contribution in [0.3, 0.4) is 0 Å². The molecule has 3 nitrogen and oxygen atoms in total. The molecule has 2 aliphatic rings. The molecule has 1 amide bonds. The molecule has 23 heavy (non-hydrogen) atoms. The summed E-state index contributed by atoms with van der Waals surface area (Å²) in [6.45, 7) is 2.08. The van der Waals surface area contributed by atoms with Crippen LogP contribution in [0.15, 0.2) is 72.5 Å². The average Bonchev–Trinajstić information content (AvgIpc) is 3.12. The predicted octanol–water partition coefficient (Wildman–Crippen LogP) is 4.00. The Morgan fingerprint density at radius 3 is 2.39 bits per heavy atom. The van der Waals surface area contributed by atoms with Crippen molar-refractivity contribution in [2.45, 2.75) is 31.5 Å². The van der Waals surface area contributed by atoms with Gasteiger partial charge < -0.3 is 9.64 Å². The quantitative estimate of drug-likeness (QED) is 0.857. The zero-order chi connectivity index (χ0) is 15.8. The molecule has 1 saturated heterocycles. The van der Waals surface area contributed by atoms with E-state index in [1.165, 1.54) is 5.56 Å². The number of carbonyl (C=O) groups is 1. The van der Waals surface area contributed by atoms with Crippen LogP contribution in [0, 0.1) is 0 Å². The van der Waals surface area contributed by atoms with Gasteiger partial charge in [-0.05, 0) is 18.1 Å². The normalized spacial score (nSPS) is 24.1. The van der Waals surface area contributed by atoms with E-state index < -0.39 is 0 Å². The van der Waals surface area contributed by atoms with Crippen LogP contribution in [-0.2, 0) is 9.53 Å². The summed E-state index contributed by atoms with van der Waals surface area (Å²) in [7, 11) is 0. The highest BCUT2D eigenvalue weighted by Crippen LogP contribution is 2.43. The van der Waals surface area contributed by atoms with Crippen molar-refractivity contribution in [2.75, 3.05) is 0 Å². The van der Waals surface area contributed by atoms with Gasteiger partial charge in [0.15, 0.2) is 0 Å². The smallest absolute Gasteiger partial charge is 0.251 e. The maximum atomic E-state index is 12.4. The van der Waals surface area contributed by atoms with E-state index in [-0.39, 0.29) is 24.1 Å². The summed E-state index contributed by atoms with van der Waals surface area (Å²) in [6.07, 6.45) is 2.51. The molecule has 2 aromatic rings. The lowest BCUT2D eigenvalue weighted by molar-refractivity contribution is -0.128. The fourth-order valence-electron chi connectivity index (χ4n) is 3.57. The van der Waals surface area contributed by atoms with Gasteiger partial charge in [0.05, 0.1) is 12.1 Å². The second-order valence-electron chi connectivity index (χ2n) is 6.15. The zero-order valence-electron chi connectivity index (χ0n) is 13.1. The van der Waals surface area contributed by atoms with Crippen molar-refractivity contribution in [3.8, 4) is 0 Å². The van der Waals surface area contributed by atoms with Gasteiger partial charge in [0.2, 0.25) is 0 Å². The van der Waals surface area contributed by atoms with Crippen molar-refractivity contribution < 1.29 is 9.53 Å². The van der Waals surface area contributed by atoms with E-state index in [0.29, 0.717) is 0 Å². The molecule has 0 bridgehead atoms. The minimum absolute atomic E-state index is 0.0334. The Morgan fingerprint density at radius 2 is 1.70 bits per heavy atom. The minimum Gasteiger partial charge on any atom is -0.488 e. The van der Waals surface area contributed by atoms with E-state index in [2.05, 4.69) is 31.2 Å². The summed E-state index contributed by atoms with van der Waals surface area (Å²) in [5.74, 6) is 0.861. The highest BCUT2D eigenvalue weighted by Gasteiger charge is 2.44. The lowest BCUT2D eigenvalue weighted by Crippen LogP contribution is -2.36. The van der Waals surface area contributed by atoms with E-state index in [0.717, 1.165) is 17.7 Å². The third kappa shape index (κ3) is 2.42. The van der Waals surface area contributed by atoms with Crippen LogP contribution in [0.4, 0.5) is 0 Å². The van der Waals surface area contributed by atoms with Crippen LogP contribution in [0.5, 0.6) is 0 Å². The first kappa shape index (κ1) is 14.1. The molecule has 0 saturated carbocycles. The molecule has 116 valence electrons. The van der Waals surface area contributed by atoms with Gasteiger partial charge in [-0.1, -0.05) is 60.7 Å². The summed E-state index contributed by atoms with van der Waals surface area (Å²) in [5.41, 5.74) is 2.32. The standard InChI is InChI=1S/C20H19NO2/c1-14(15-8-4-2-5-9-15)21-17-12-18(16-10-6-3-7-11-16)23-19(17)13-20(21)22/h2-11,13-14,17-18H,12H2,1H3/t14-,17-,18+/m0/s1. The number of fused-ring (bicyclic) bond motifs is 1. The number of hydrogen-bond donors (Lipinski definition) is 0. The van der Waals surface area contributed by atoms with Gasteiger partial charge in [0.25, 0.3) is 5.91 Å². The first-order valence-electron chi connectivity index (χ1n) is 8.04. The van der Waals surface area contributed by atoms with E-state index in [9.17, 15) is 4.79 Å². The Balaban J connectivity index is 1.59. The Kier molecular flexibility index (Phi) is 3.41. The molecule has 1 fully saturated rings. The SMILES string of the molecule is C[C@@H](c1ccccc1)N1C(=O)C=C2O[C@@H](c3ccccc3)C[C@@H]21. The number of rotatable bonds is 3. The van der Waals surface area contributed by atoms with E-state index in [1.54, 1.807) is 6.08 Å². The van der Waals surface area contributed by atoms with Gasteiger partial charge in [-0.25, -0.2) is 0 Å². The summed E-state index contributed by atoms with van der Waals surface area (Å²) >= 11 is 0. The highest BCUT2D eigenvalue weighted by molar-refractivity contribution is 5.92. The molecule has 2 aromatic carbocycles. The summed E-state index contributed by atoms with van der Waals surface area (Å²) in [5, 5.41) is 0. The third-order valence-corrected chi connectivity index (χ3v) is 4.77. The van der Waals surface area contributed by atoms with Gasteiger partial charge in [-0.15, -0.1) is 0 Å². The summed E-state index contributed by atoms with van der Waals surface area (Å²) in [4.78, 5) is 14.4. The lowest BCUT2D eigenvalue weighted by Gasteiger charge is -2.29. The summed E-state index contributed by atoms with van der Waals surface area (Å²) in [6, 6.07) is 20.5. The van der Waals surface area contributed by atoms with Gasteiger partial charge in [0, 0.05) is 12.5 Å². The minimum atomic E-state index is 0.0334. The van der Waals surface area contributed by atoms with Crippen molar-refractivity contribution in [2.24, 2.45) is 0 Å². The first-order chi connectivity index (χ1) is 11.2. The molecule has 2 aliphatic heterocycles. The van der Waals surface area contributed by atoms with Crippen molar-refractivity contribution in [1.29, 1.82) is 0 Å². The molecular formula is C20H19NO2. The molecule has 3 atom stereocenters. The molecule has 0 radical (unpaired) electrons. The zero-order valence-corrected chi connectivity index (χ0v) is 13.1. The van der Waals surface area contributed by atoms with Crippen LogP contribution in [0.25, 0.3) is 0 Å². The Morgan fingerprint density at radius 1 is 1.04 bits per heavy atom. The number of ether oxygens (including phenoxy) is 1. The van der Waals surface area contributed by atoms with Gasteiger partial charge in [0.1, 0.15) is 11.9 Å². The van der Waals surface area contributed by atoms with E-state index >= 15 is 0 Å². The number of nitrogens with zero attached hydrogens (tertiary/aromatic N) is 1. The maximum Gasteiger partial charge on any atom is 0.251 e. The monoisotopic (exact) mass is 305 g/mol. The largest absolute Gasteiger partial charge is 0.488 e. The number of benzene rings is 2. The molecule has 0 unspecified atom stereocenters. The Bertz CT molecular complexity index is 739. The average molecular weight is 305 g/mol. The number of hydrogen-bond acceptors (Lipinski definition) is 2. The molecule has 0 spiro atoms. The van der Waals surface area contributed by atoms with E-state index in [4.69, 9.17) is 4.74 Å². The third-order valence-electron chi connectivity index (χ3n) is 4.77. The van der Waals surface area contributed by atoms with Gasteiger partial charge >= 0.3 is 0 Å². The molecule has 0 aromatic heterocycles. The molecular weight excluding hydrogens is 286 g/mol. The van der Waals surface area contributed by atoms with Crippen LogP contribution in [-0.4, -0.2) is 16.8 Å². The predicted molar refractivity (Wildman–Crippen MR) is 88.5 cm³/mol. The second kappa shape index (κ2) is 5.58. The van der Waals surface area contributed by atoms with E-state index in [1.807, 2.05) is 41.3 Å². The highest BCUT2D eigenvalue weighted by atomic mass is 16.5. The second-order valence-corrected chi connectivity index (χ2v) is 6.15. The number of carbonyl (C=O) groups excluding carboxylic acids is 1. The van der Waals surface area contributed by atoms with Crippen molar-refractivity contribution in [3.05, 3.63) is 83.6 Å². The molecule has 2 heterocycles. The van der Waals surface area contributed by atoms with Crippen LogP contribution in [0.1, 0.15) is 36.6 Å². The topological polar surface area (TPSA) is 29.5 Å². The Hall–Kier alpha value is -2.55. The van der Waals surface area contributed by atoms with Crippen molar-refractivity contribution in [1.82, 2.24) is 4.90 Å². The van der Waals surface area contributed by atoms with Crippen molar-refractivity contribution >= 4 is 5.91 Å². The van der Waals surface area contributed by atoms with Crippen LogP contribution >= 0.6 is 0 Å². The maximum absolute atomic E-state index is 12.4. The van der Waals surface area contributed by atoms with Gasteiger partial charge in [-0.2, -0.15) is 0 Å². The Labute approximate surface area is 136 Å². The fourth-order valence-corrected chi connectivity index (χ4v) is 3.57.